The zero-order valence-electron chi connectivity index (χ0n) is 10.0. The molecule has 6 nitrogen and oxygen atoms in total. The van der Waals surface area contributed by atoms with Crippen molar-refractivity contribution in [1.29, 1.82) is 0 Å². The van der Waals surface area contributed by atoms with Gasteiger partial charge in [-0.1, -0.05) is 0 Å². The molecule has 0 amide bonds. The van der Waals surface area contributed by atoms with E-state index >= 15 is 0 Å². The number of rotatable bonds is 1. The molecule has 2 aromatic rings. The fraction of sp³-hybridized carbons (Fsp3) is 0.167. The fourth-order valence-electron chi connectivity index (χ4n) is 1.91. The highest BCUT2D eigenvalue weighted by Gasteiger charge is 2.43. The number of hydrogen-bond donors (Lipinski definition) is 1. The highest BCUT2D eigenvalue weighted by Crippen LogP contribution is 2.42. The van der Waals surface area contributed by atoms with Crippen molar-refractivity contribution in [3.8, 4) is 11.5 Å². The lowest BCUT2D eigenvalue weighted by molar-refractivity contribution is -0.286. The van der Waals surface area contributed by atoms with Gasteiger partial charge in [0.25, 0.3) is 0 Å². The normalized spacial score (nSPS) is 15.3. The number of alkyl halides is 2. The number of ether oxygens (including phenoxy) is 3. The van der Waals surface area contributed by atoms with Crippen LogP contribution in [0.3, 0.4) is 0 Å². The maximum atomic E-state index is 12.9. The average molecular weight is 283 g/mol. The Balaban J connectivity index is 2.22. The van der Waals surface area contributed by atoms with Gasteiger partial charge < -0.3 is 19.2 Å². The second-order valence-corrected chi connectivity index (χ2v) is 4.05. The minimum absolute atomic E-state index is 0.0874. The van der Waals surface area contributed by atoms with Crippen LogP contribution in [0, 0.1) is 0 Å². The number of carbonyl (C=O) groups excluding carboxylic acids is 1. The van der Waals surface area contributed by atoms with E-state index in [1.807, 2.05) is 0 Å². The Morgan fingerprint density at radius 1 is 1.25 bits per heavy atom. The van der Waals surface area contributed by atoms with Crippen LogP contribution in [0.25, 0.3) is 10.9 Å². The van der Waals surface area contributed by atoms with Crippen molar-refractivity contribution in [2.75, 3.05) is 7.11 Å². The van der Waals surface area contributed by atoms with E-state index in [9.17, 15) is 18.4 Å². The summed E-state index contributed by atoms with van der Waals surface area (Å²) in [6.07, 6.45) is -3.77. The summed E-state index contributed by atoms with van der Waals surface area (Å²) in [6, 6.07) is 3.32. The molecule has 1 aliphatic heterocycles. The van der Waals surface area contributed by atoms with Crippen molar-refractivity contribution in [1.82, 2.24) is 4.98 Å². The van der Waals surface area contributed by atoms with Crippen molar-refractivity contribution >= 4 is 16.9 Å². The van der Waals surface area contributed by atoms with Gasteiger partial charge in [0.05, 0.1) is 12.6 Å². The van der Waals surface area contributed by atoms with Crippen LogP contribution >= 0.6 is 0 Å². The molecule has 0 saturated carbocycles. The lowest BCUT2D eigenvalue weighted by Crippen LogP contribution is -2.25. The van der Waals surface area contributed by atoms with E-state index in [1.54, 1.807) is 0 Å². The number of nitrogens with one attached hydrogen (secondary N) is 1. The number of aromatic nitrogens is 1. The number of aromatic amines is 1. The molecule has 0 fully saturated rings. The Hall–Kier alpha value is -2.64. The molecular weight excluding hydrogens is 276 g/mol. The maximum Gasteiger partial charge on any atom is 0.586 e. The smallest absolute Gasteiger partial charge is 0.464 e. The predicted molar refractivity (Wildman–Crippen MR) is 62.1 cm³/mol. The van der Waals surface area contributed by atoms with Crippen LogP contribution in [0.1, 0.15) is 10.5 Å². The lowest BCUT2D eigenvalue weighted by Gasteiger charge is -2.04. The van der Waals surface area contributed by atoms with Gasteiger partial charge in [-0.05, 0) is 6.07 Å². The zero-order valence-corrected chi connectivity index (χ0v) is 10.0. The first-order valence-corrected chi connectivity index (χ1v) is 5.45. The molecule has 3 rings (SSSR count). The van der Waals surface area contributed by atoms with Gasteiger partial charge in [0.2, 0.25) is 0 Å². The summed E-state index contributed by atoms with van der Waals surface area (Å²) in [7, 11) is 1.16. The Kier molecular flexibility index (Phi) is 2.43. The van der Waals surface area contributed by atoms with Crippen LogP contribution in [0.5, 0.6) is 11.5 Å². The van der Waals surface area contributed by atoms with Gasteiger partial charge in [0, 0.05) is 17.5 Å². The molecule has 2 heterocycles. The van der Waals surface area contributed by atoms with Gasteiger partial charge >= 0.3 is 12.3 Å². The van der Waals surface area contributed by atoms with Crippen LogP contribution in [0.4, 0.5) is 8.78 Å². The minimum Gasteiger partial charge on any atom is -0.464 e. The molecule has 0 radical (unpaired) electrons. The molecule has 0 saturated heterocycles. The zero-order chi connectivity index (χ0) is 14.5. The van der Waals surface area contributed by atoms with Gasteiger partial charge in [0.1, 0.15) is 5.69 Å². The molecule has 0 unspecified atom stereocenters. The summed E-state index contributed by atoms with van der Waals surface area (Å²) in [5, 5.41) is 0.0951. The fourth-order valence-corrected chi connectivity index (χ4v) is 1.91. The summed E-state index contributed by atoms with van der Waals surface area (Å²) in [5.41, 5.74) is -0.450. The van der Waals surface area contributed by atoms with Crippen molar-refractivity contribution in [2.24, 2.45) is 0 Å². The maximum absolute atomic E-state index is 12.9. The molecule has 20 heavy (non-hydrogen) atoms. The van der Waals surface area contributed by atoms with Gasteiger partial charge in [-0.15, -0.1) is 8.78 Å². The third kappa shape index (κ3) is 1.85. The molecule has 0 aliphatic carbocycles. The Bertz CT molecular complexity index is 783. The molecule has 0 spiro atoms. The molecular formula is C12H7F2NO5. The lowest BCUT2D eigenvalue weighted by atomic mass is 10.1. The Morgan fingerprint density at radius 2 is 1.90 bits per heavy atom. The standard InChI is InChI=1S/C12H7F2NO5/c1-18-11(17)7-3-8(16)5-2-9-10(4-6(5)15-7)20-12(13,14)19-9/h2-4H,1H3,(H,15,16). The van der Waals surface area contributed by atoms with Crippen molar-refractivity contribution in [2.45, 2.75) is 6.29 Å². The number of methoxy groups -OCH3 is 1. The molecule has 0 atom stereocenters. The minimum atomic E-state index is -3.77. The third-order valence-corrected chi connectivity index (χ3v) is 2.76. The molecule has 8 heteroatoms. The van der Waals surface area contributed by atoms with Crippen LogP contribution in [0.15, 0.2) is 23.0 Å². The van der Waals surface area contributed by atoms with E-state index in [4.69, 9.17) is 0 Å². The Morgan fingerprint density at radius 3 is 2.55 bits per heavy atom. The summed E-state index contributed by atoms with van der Waals surface area (Å²) in [5.74, 6) is -1.20. The molecule has 1 aliphatic rings. The van der Waals surface area contributed by atoms with Crippen molar-refractivity contribution < 1.29 is 27.8 Å². The summed E-state index contributed by atoms with van der Waals surface area (Å²) in [6.45, 7) is 0. The predicted octanol–water partition coefficient (Wildman–Crippen LogP) is 1.64. The summed E-state index contributed by atoms with van der Waals surface area (Å²) in [4.78, 5) is 25.9. The molecule has 1 N–H and O–H groups in total. The third-order valence-electron chi connectivity index (χ3n) is 2.76. The van der Waals surface area contributed by atoms with E-state index in [2.05, 4.69) is 19.2 Å². The number of carbonyl (C=O) groups is 1. The van der Waals surface area contributed by atoms with Gasteiger partial charge in [-0.2, -0.15) is 0 Å². The SMILES string of the molecule is COC(=O)c1cc(=O)c2cc3c(cc2[nH]1)OC(F)(F)O3. The summed E-state index contributed by atoms with van der Waals surface area (Å²) >= 11 is 0. The second-order valence-electron chi connectivity index (χ2n) is 4.05. The summed E-state index contributed by atoms with van der Waals surface area (Å²) < 4.78 is 38.9. The number of hydrogen-bond acceptors (Lipinski definition) is 5. The highest BCUT2D eigenvalue weighted by atomic mass is 19.3. The van der Waals surface area contributed by atoms with Crippen LogP contribution in [-0.2, 0) is 4.74 Å². The topological polar surface area (TPSA) is 77.6 Å². The van der Waals surface area contributed by atoms with Crippen molar-refractivity contribution in [3.05, 3.63) is 34.1 Å². The number of halogens is 2. The monoisotopic (exact) mass is 283 g/mol. The molecule has 0 bridgehead atoms. The van der Waals surface area contributed by atoms with Gasteiger partial charge in [-0.3, -0.25) is 4.79 Å². The number of benzene rings is 1. The van der Waals surface area contributed by atoms with Crippen LogP contribution in [0.2, 0.25) is 0 Å². The molecule has 1 aromatic carbocycles. The number of pyridine rings is 1. The first kappa shape index (κ1) is 12.4. The largest absolute Gasteiger partial charge is 0.586 e. The molecule has 1 aromatic heterocycles. The second kappa shape index (κ2) is 3.92. The molecule has 104 valence electrons. The van der Waals surface area contributed by atoms with E-state index in [0.29, 0.717) is 0 Å². The van der Waals surface area contributed by atoms with E-state index in [1.165, 1.54) is 6.07 Å². The highest BCUT2D eigenvalue weighted by molar-refractivity contribution is 5.91. The quantitative estimate of drug-likeness (QED) is 0.805. The van der Waals surface area contributed by atoms with Crippen LogP contribution in [-0.4, -0.2) is 24.4 Å². The number of fused-ring (bicyclic) bond motifs is 2. The first-order chi connectivity index (χ1) is 9.39. The number of H-pyrrole nitrogens is 1. The van der Waals surface area contributed by atoms with E-state index in [-0.39, 0.29) is 28.1 Å². The van der Waals surface area contributed by atoms with Crippen LogP contribution < -0.4 is 14.9 Å². The first-order valence-electron chi connectivity index (χ1n) is 5.45. The van der Waals surface area contributed by atoms with Crippen molar-refractivity contribution in [3.63, 3.8) is 0 Å². The van der Waals surface area contributed by atoms with E-state index < -0.39 is 17.7 Å². The van der Waals surface area contributed by atoms with E-state index in [0.717, 1.165) is 19.2 Å². The van der Waals surface area contributed by atoms with Gasteiger partial charge in [-0.25, -0.2) is 4.79 Å². The number of esters is 1. The Labute approximate surface area is 109 Å². The van der Waals surface area contributed by atoms with Gasteiger partial charge in [0.15, 0.2) is 16.9 Å². The average Bonchev–Trinajstić information content (AvgIpc) is 2.68.